The number of ether oxygens (including phenoxy) is 3. The monoisotopic (exact) mass is 347 g/mol. The summed E-state index contributed by atoms with van der Waals surface area (Å²) < 4.78 is 16.3. The van der Waals surface area contributed by atoms with Crippen LogP contribution in [0.1, 0.15) is 30.9 Å². The fraction of sp³-hybridized carbons (Fsp3) is 0.579. The van der Waals surface area contributed by atoms with Crippen molar-refractivity contribution in [1.82, 2.24) is 4.90 Å². The molecule has 0 saturated carbocycles. The van der Waals surface area contributed by atoms with Gasteiger partial charge in [0.05, 0.1) is 18.9 Å². The lowest BCUT2D eigenvalue weighted by Gasteiger charge is -2.32. The first-order valence-electron chi connectivity index (χ1n) is 8.92. The molecule has 1 amide bonds. The molecule has 1 aromatic carbocycles. The number of fused-ring (bicyclic) bond motifs is 1. The van der Waals surface area contributed by atoms with Gasteiger partial charge >= 0.3 is 5.97 Å². The molecule has 0 N–H and O–H groups in total. The van der Waals surface area contributed by atoms with Crippen molar-refractivity contribution in [3.63, 3.8) is 0 Å². The zero-order chi connectivity index (χ0) is 17.8. The maximum absolute atomic E-state index is 12.7. The second kappa shape index (κ2) is 7.76. The number of rotatable bonds is 4. The number of carbonyl (C=O) groups excluding carboxylic acids is 2. The van der Waals surface area contributed by atoms with Crippen LogP contribution in [0, 0.1) is 12.8 Å². The lowest BCUT2D eigenvalue weighted by molar-refractivity contribution is -0.151. The molecule has 0 aliphatic carbocycles. The molecule has 1 aromatic rings. The van der Waals surface area contributed by atoms with Gasteiger partial charge in [0.2, 0.25) is 5.91 Å². The van der Waals surface area contributed by atoms with Gasteiger partial charge in [-0.2, -0.15) is 0 Å². The van der Waals surface area contributed by atoms with Crippen LogP contribution in [0.15, 0.2) is 12.1 Å². The Morgan fingerprint density at radius 2 is 1.96 bits per heavy atom. The fourth-order valence-electron chi connectivity index (χ4n) is 3.35. The second-order valence-electron chi connectivity index (χ2n) is 6.53. The van der Waals surface area contributed by atoms with Crippen molar-refractivity contribution in [2.75, 3.05) is 32.9 Å². The molecule has 0 radical (unpaired) electrons. The highest BCUT2D eigenvalue weighted by Gasteiger charge is 2.29. The van der Waals surface area contributed by atoms with Gasteiger partial charge in [0.1, 0.15) is 13.2 Å². The number of nitrogens with zero attached hydrogens (tertiary/aromatic N) is 1. The molecule has 6 heteroatoms. The summed E-state index contributed by atoms with van der Waals surface area (Å²) in [4.78, 5) is 26.4. The van der Waals surface area contributed by atoms with Gasteiger partial charge < -0.3 is 19.1 Å². The van der Waals surface area contributed by atoms with E-state index < -0.39 is 0 Å². The number of amides is 1. The Morgan fingerprint density at radius 1 is 1.24 bits per heavy atom. The summed E-state index contributed by atoms with van der Waals surface area (Å²) in [5.41, 5.74) is 1.95. The van der Waals surface area contributed by atoms with Gasteiger partial charge in [-0.05, 0) is 49.9 Å². The van der Waals surface area contributed by atoms with E-state index in [-0.39, 0.29) is 17.8 Å². The molecule has 1 saturated heterocycles. The van der Waals surface area contributed by atoms with E-state index in [0.29, 0.717) is 45.1 Å². The van der Waals surface area contributed by atoms with Gasteiger partial charge in [-0.15, -0.1) is 0 Å². The van der Waals surface area contributed by atoms with Crippen molar-refractivity contribution in [2.24, 2.45) is 5.92 Å². The van der Waals surface area contributed by atoms with E-state index >= 15 is 0 Å². The fourth-order valence-corrected chi connectivity index (χ4v) is 3.35. The molecule has 0 bridgehead atoms. The standard InChI is InChI=1S/C19H25NO5/c1-3-23-19(22)14-5-4-6-20(12-14)18(21)11-15-10-17-16(9-13(15)2)24-7-8-25-17/h9-10,14H,3-8,11-12H2,1-2H3. The Balaban J connectivity index is 1.66. The van der Waals surface area contributed by atoms with Crippen LogP contribution in [-0.2, 0) is 20.7 Å². The molecule has 2 aliphatic rings. The minimum absolute atomic E-state index is 0.0359. The first kappa shape index (κ1) is 17.6. The minimum atomic E-state index is -0.209. The van der Waals surface area contributed by atoms with Gasteiger partial charge in [-0.25, -0.2) is 0 Å². The molecule has 6 nitrogen and oxygen atoms in total. The van der Waals surface area contributed by atoms with E-state index in [0.717, 1.165) is 29.7 Å². The van der Waals surface area contributed by atoms with Crippen molar-refractivity contribution in [3.05, 3.63) is 23.3 Å². The first-order valence-corrected chi connectivity index (χ1v) is 8.92. The molecular formula is C19H25NO5. The van der Waals surface area contributed by atoms with Gasteiger partial charge in [0.25, 0.3) is 0 Å². The summed E-state index contributed by atoms with van der Waals surface area (Å²) in [7, 11) is 0. The molecule has 2 aliphatic heterocycles. The second-order valence-corrected chi connectivity index (χ2v) is 6.53. The normalized spacial score (nSPS) is 19.4. The van der Waals surface area contributed by atoms with Crippen LogP contribution in [0.25, 0.3) is 0 Å². The summed E-state index contributed by atoms with van der Waals surface area (Å²) in [5.74, 6) is 1.06. The quantitative estimate of drug-likeness (QED) is 0.781. The highest BCUT2D eigenvalue weighted by molar-refractivity contribution is 5.81. The lowest BCUT2D eigenvalue weighted by atomic mass is 9.97. The van der Waals surface area contributed by atoms with E-state index in [1.54, 1.807) is 11.8 Å². The van der Waals surface area contributed by atoms with Crippen molar-refractivity contribution in [1.29, 1.82) is 0 Å². The molecule has 1 fully saturated rings. The largest absolute Gasteiger partial charge is 0.486 e. The average Bonchev–Trinajstić information content (AvgIpc) is 2.62. The zero-order valence-electron chi connectivity index (χ0n) is 14.9. The number of esters is 1. The Kier molecular flexibility index (Phi) is 5.46. The molecule has 0 spiro atoms. The minimum Gasteiger partial charge on any atom is -0.486 e. The van der Waals surface area contributed by atoms with Gasteiger partial charge in [-0.3, -0.25) is 9.59 Å². The molecular weight excluding hydrogens is 322 g/mol. The van der Waals surface area contributed by atoms with Crippen LogP contribution in [-0.4, -0.2) is 49.7 Å². The third-order valence-electron chi connectivity index (χ3n) is 4.74. The molecule has 136 valence electrons. The maximum Gasteiger partial charge on any atom is 0.310 e. The summed E-state index contributed by atoms with van der Waals surface area (Å²) in [6, 6.07) is 3.82. The predicted molar refractivity (Wildman–Crippen MR) is 91.8 cm³/mol. The van der Waals surface area contributed by atoms with Gasteiger partial charge in [-0.1, -0.05) is 0 Å². The molecule has 1 atom stereocenters. The number of aryl methyl sites for hydroxylation is 1. The summed E-state index contributed by atoms with van der Waals surface area (Å²) in [6.07, 6.45) is 1.92. The third kappa shape index (κ3) is 4.06. The average molecular weight is 347 g/mol. The summed E-state index contributed by atoms with van der Waals surface area (Å²) in [5, 5.41) is 0. The SMILES string of the molecule is CCOC(=O)C1CCCN(C(=O)Cc2cc3c(cc2C)OCCO3)C1. The predicted octanol–water partition coefficient (Wildman–Crippen LogP) is 2.11. The molecule has 25 heavy (non-hydrogen) atoms. The van der Waals surface area contributed by atoms with E-state index in [2.05, 4.69) is 0 Å². The Hall–Kier alpha value is -2.24. The van der Waals surface area contributed by atoms with E-state index in [1.807, 2.05) is 19.1 Å². The summed E-state index contributed by atoms with van der Waals surface area (Å²) >= 11 is 0. The van der Waals surface area contributed by atoms with Crippen LogP contribution in [0.3, 0.4) is 0 Å². The van der Waals surface area contributed by atoms with Crippen molar-refractivity contribution >= 4 is 11.9 Å². The molecule has 1 unspecified atom stereocenters. The number of carbonyl (C=O) groups is 2. The van der Waals surface area contributed by atoms with E-state index in [4.69, 9.17) is 14.2 Å². The van der Waals surface area contributed by atoms with Crippen LogP contribution >= 0.6 is 0 Å². The molecule has 2 heterocycles. The van der Waals surface area contributed by atoms with Crippen molar-refractivity contribution in [3.8, 4) is 11.5 Å². The number of benzene rings is 1. The zero-order valence-corrected chi connectivity index (χ0v) is 14.9. The highest BCUT2D eigenvalue weighted by Crippen LogP contribution is 2.33. The topological polar surface area (TPSA) is 65.1 Å². The van der Waals surface area contributed by atoms with Crippen LogP contribution in [0.5, 0.6) is 11.5 Å². The molecule has 3 rings (SSSR count). The third-order valence-corrected chi connectivity index (χ3v) is 4.74. The van der Waals surface area contributed by atoms with Gasteiger partial charge in [0.15, 0.2) is 11.5 Å². The number of hydrogen-bond donors (Lipinski definition) is 0. The number of piperidine rings is 1. The first-order chi connectivity index (χ1) is 12.1. The molecule has 0 aromatic heterocycles. The summed E-state index contributed by atoms with van der Waals surface area (Å²) in [6.45, 7) is 6.36. The Bertz CT molecular complexity index is 657. The highest BCUT2D eigenvalue weighted by atomic mass is 16.6. The van der Waals surface area contributed by atoms with Crippen molar-refractivity contribution < 1.29 is 23.8 Å². The van der Waals surface area contributed by atoms with Gasteiger partial charge in [0, 0.05) is 13.1 Å². The lowest BCUT2D eigenvalue weighted by Crippen LogP contribution is -2.43. The van der Waals surface area contributed by atoms with Crippen molar-refractivity contribution in [2.45, 2.75) is 33.1 Å². The van der Waals surface area contributed by atoms with Crippen LogP contribution < -0.4 is 9.47 Å². The number of likely N-dealkylation sites (tertiary alicyclic amines) is 1. The van der Waals surface area contributed by atoms with Crippen LogP contribution in [0.2, 0.25) is 0 Å². The maximum atomic E-state index is 12.7. The van der Waals surface area contributed by atoms with Crippen LogP contribution in [0.4, 0.5) is 0 Å². The Labute approximate surface area is 148 Å². The van der Waals surface area contributed by atoms with E-state index in [9.17, 15) is 9.59 Å². The Morgan fingerprint density at radius 3 is 2.68 bits per heavy atom. The van der Waals surface area contributed by atoms with E-state index in [1.165, 1.54) is 0 Å². The smallest absolute Gasteiger partial charge is 0.310 e. The number of hydrogen-bond acceptors (Lipinski definition) is 5.